The minimum absolute atomic E-state index is 0.180. The van der Waals surface area contributed by atoms with E-state index in [0.29, 0.717) is 24.2 Å². The van der Waals surface area contributed by atoms with E-state index in [9.17, 15) is 9.18 Å². The van der Waals surface area contributed by atoms with Gasteiger partial charge in [-0.2, -0.15) is 0 Å². The van der Waals surface area contributed by atoms with Gasteiger partial charge in [-0.15, -0.1) is 0 Å². The Morgan fingerprint density at radius 1 is 1.25 bits per heavy atom. The van der Waals surface area contributed by atoms with Crippen molar-refractivity contribution >= 4 is 28.9 Å². The molecule has 0 aliphatic rings. The lowest BCUT2D eigenvalue weighted by molar-refractivity contribution is -0.116. The zero-order chi connectivity index (χ0) is 14.5. The van der Waals surface area contributed by atoms with Crippen molar-refractivity contribution in [2.24, 2.45) is 0 Å². The van der Waals surface area contributed by atoms with E-state index in [1.54, 1.807) is 6.07 Å². The Kier molecular flexibility index (Phi) is 4.58. The van der Waals surface area contributed by atoms with Crippen molar-refractivity contribution in [3.05, 3.63) is 58.9 Å². The Bertz CT molecular complexity index is 631. The lowest BCUT2D eigenvalue weighted by atomic mass is 10.1. The van der Waals surface area contributed by atoms with Crippen molar-refractivity contribution in [2.75, 3.05) is 11.1 Å². The van der Waals surface area contributed by atoms with E-state index in [2.05, 4.69) is 5.32 Å². The number of anilines is 2. The van der Waals surface area contributed by atoms with Crippen LogP contribution in [-0.4, -0.2) is 5.91 Å². The number of carbonyl (C=O) groups is 1. The van der Waals surface area contributed by atoms with Gasteiger partial charge in [-0.3, -0.25) is 4.79 Å². The lowest BCUT2D eigenvalue weighted by Crippen LogP contribution is -2.12. The molecule has 2 rings (SSSR count). The molecule has 2 aromatic carbocycles. The third-order valence-electron chi connectivity index (χ3n) is 2.80. The number of amides is 1. The Balaban J connectivity index is 1.92. The maximum atomic E-state index is 12.9. The summed E-state index contributed by atoms with van der Waals surface area (Å²) in [6.45, 7) is 0. The van der Waals surface area contributed by atoms with E-state index in [4.69, 9.17) is 17.3 Å². The maximum Gasteiger partial charge on any atom is 0.224 e. The average molecular weight is 293 g/mol. The van der Waals surface area contributed by atoms with Gasteiger partial charge in [0.15, 0.2) is 0 Å². The van der Waals surface area contributed by atoms with E-state index in [-0.39, 0.29) is 10.9 Å². The second-order valence-electron chi connectivity index (χ2n) is 4.42. The zero-order valence-electron chi connectivity index (χ0n) is 10.7. The number of carbonyl (C=O) groups excluding carboxylic acids is 1. The number of aryl methyl sites for hydroxylation is 1. The molecule has 1 amide bonds. The van der Waals surface area contributed by atoms with Gasteiger partial charge in [0.25, 0.3) is 0 Å². The van der Waals surface area contributed by atoms with Gasteiger partial charge in [-0.05, 0) is 42.3 Å². The molecular weight excluding hydrogens is 279 g/mol. The van der Waals surface area contributed by atoms with Gasteiger partial charge in [-0.25, -0.2) is 4.39 Å². The Morgan fingerprint density at radius 3 is 2.75 bits per heavy atom. The molecule has 0 aromatic heterocycles. The fourth-order valence-corrected chi connectivity index (χ4v) is 2.02. The van der Waals surface area contributed by atoms with Gasteiger partial charge in [0, 0.05) is 12.1 Å². The van der Waals surface area contributed by atoms with E-state index in [0.717, 1.165) is 11.6 Å². The number of nitrogen functional groups attached to an aromatic ring is 1. The smallest absolute Gasteiger partial charge is 0.224 e. The summed E-state index contributed by atoms with van der Waals surface area (Å²) in [6.07, 6.45) is 0.882. The summed E-state index contributed by atoms with van der Waals surface area (Å²) in [5.74, 6) is -0.617. The molecule has 5 heteroatoms. The first-order valence-electron chi connectivity index (χ1n) is 6.14. The fraction of sp³-hybridized carbons (Fsp3) is 0.133. The summed E-state index contributed by atoms with van der Waals surface area (Å²) in [7, 11) is 0. The molecule has 3 N–H and O–H groups in total. The van der Waals surface area contributed by atoms with Crippen molar-refractivity contribution in [3.63, 3.8) is 0 Å². The largest absolute Gasteiger partial charge is 0.399 e. The molecule has 3 nitrogen and oxygen atoms in total. The van der Waals surface area contributed by atoms with Crippen LogP contribution in [0.1, 0.15) is 12.0 Å². The Hall–Kier alpha value is -2.07. The second-order valence-corrected chi connectivity index (χ2v) is 4.82. The zero-order valence-corrected chi connectivity index (χ0v) is 11.5. The van der Waals surface area contributed by atoms with Crippen LogP contribution < -0.4 is 11.1 Å². The molecule has 0 fully saturated rings. The fourth-order valence-electron chi connectivity index (χ4n) is 1.81. The molecule has 0 bridgehead atoms. The van der Waals surface area contributed by atoms with Crippen LogP contribution in [0.15, 0.2) is 42.5 Å². The Labute approximate surface area is 121 Å². The van der Waals surface area contributed by atoms with E-state index < -0.39 is 5.82 Å². The summed E-state index contributed by atoms with van der Waals surface area (Å²) in [5, 5.41) is 2.84. The van der Waals surface area contributed by atoms with E-state index in [1.807, 2.05) is 18.2 Å². The standard InChI is InChI=1S/C15H14ClFN2O/c16-13-9-11(17)5-6-14(13)19-15(20)7-4-10-2-1-3-12(18)8-10/h1-3,5-6,8-9H,4,7,18H2,(H,19,20). The first-order chi connectivity index (χ1) is 9.54. The summed E-state index contributed by atoms with van der Waals surface area (Å²) in [4.78, 5) is 11.8. The Morgan fingerprint density at radius 2 is 2.05 bits per heavy atom. The molecule has 20 heavy (non-hydrogen) atoms. The van der Waals surface area contributed by atoms with Crippen molar-refractivity contribution < 1.29 is 9.18 Å². The SMILES string of the molecule is Nc1cccc(CCC(=O)Nc2ccc(F)cc2Cl)c1. The first kappa shape index (κ1) is 14.3. The van der Waals surface area contributed by atoms with Crippen LogP contribution in [0, 0.1) is 5.82 Å². The molecule has 104 valence electrons. The normalized spacial score (nSPS) is 10.3. The highest BCUT2D eigenvalue weighted by atomic mass is 35.5. The summed E-state index contributed by atoms with van der Waals surface area (Å²) >= 11 is 5.84. The number of hydrogen-bond donors (Lipinski definition) is 2. The van der Waals surface area contributed by atoms with Gasteiger partial charge < -0.3 is 11.1 Å². The minimum atomic E-state index is -0.437. The molecule has 0 atom stereocenters. The number of nitrogens with two attached hydrogens (primary N) is 1. The predicted molar refractivity (Wildman–Crippen MR) is 79.2 cm³/mol. The van der Waals surface area contributed by atoms with Crippen LogP contribution in [-0.2, 0) is 11.2 Å². The van der Waals surface area contributed by atoms with Crippen LogP contribution in [0.5, 0.6) is 0 Å². The number of hydrogen-bond acceptors (Lipinski definition) is 2. The van der Waals surface area contributed by atoms with Crippen LogP contribution in [0.25, 0.3) is 0 Å². The van der Waals surface area contributed by atoms with Crippen molar-refractivity contribution in [2.45, 2.75) is 12.8 Å². The predicted octanol–water partition coefficient (Wildman–Crippen LogP) is 3.63. The van der Waals surface area contributed by atoms with Crippen LogP contribution in [0.2, 0.25) is 5.02 Å². The van der Waals surface area contributed by atoms with Crippen molar-refractivity contribution in [1.82, 2.24) is 0 Å². The maximum absolute atomic E-state index is 12.9. The monoisotopic (exact) mass is 292 g/mol. The highest BCUT2D eigenvalue weighted by Gasteiger charge is 2.07. The summed E-state index contributed by atoms with van der Waals surface area (Å²) in [6, 6.07) is 11.2. The van der Waals surface area contributed by atoms with Gasteiger partial charge in [0.1, 0.15) is 5.82 Å². The molecule has 0 aliphatic heterocycles. The van der Waals surface area contributed by atoms with Crippen molar-refractivity contribution in [3.8, 4) is 0 Å². The summed E-state index contributed by atoms with van der Waals surface area (Å²) in [5.41, 5.74) is 7.74. The lowest BCUT2D eigenvalue weighted by Gasteiger charge is -2.07. The molecule has 0 radical (unpaired) electrons. The average Bonchev–Trinajstić information content (AvgIpc) is 2.40. The molecule has 0 spiro atoms. The van der Waals surface area contributed by atoms with Gasteiger partial charge in [0.2, 0.25) is 5.91 Å². The number of nitrogens with one attached hydrogen (secondary N) is 1. The molecule has 2 aromatic rings. The van der Waals surface area contributed by atoms with Gasteiger partial charge in [0.05, 0.1) is 10.7 Å². The molecule has 0 saturated carbocycles. The third-order valence-corrected chi connectivity index (χ3v) is 3.11. The van der Waals surface area contributed by atoms with Gasteiger partial charge in [-0.1, -0.05) is 23.7 Å². The first-order valence-corrected chi connectivity index (χ1v) is 6.52. The van der Waals surface area contributed by atoms with Crippen LogP contribution >= 0.6 is 11.6 Å². The molecule has 0 unspecified atom stereocenters. The van der Waals surface area contributed by atoms with Crippen molar-refractivity contribution in [1.29, 1.82) is 0 Å². The van der Waals surface area contributed by atoms with Gasteiger partial charge >= 0.3 is 0 Å². The number of benzene rings is 2. The number of rotatable bonds is 4. The number of halogens is 2. The molecule has 0 heterocycles. The summed E-state index contributed by atoms with van der Waals surface area (Å²) < 4.78 is 12.9. The third kappa shape index (κ3) is 3.96. The molecule has 0 saturated heterocycles. The van der Waals surface area contributed by atoms with E-state index in [1.165, 1.54) is 12.1 Å². The highest BCUT2D eigenvalue weighted by molar-refractivity contribution is 6.33. The van der Waals surface area contributed by atoms with Crippen LogP contribution in [0.4, 0.5) is 15.8 Å². The molecular formula is C15H14ClFN2O. The highest BCUT2D eigenvalue weighted by Crippen LogP contribution is 2.22. The minimum Gasteiger partial charge on any atom is -0.399 e. The quantitative estimate of drug-likeness (QED) is 0.846. The molecule has 0 aliphatic carbocycles. The topological polar surface area (TPSA) is 55.1 Å². The second kappa shape index (κ2) is 6.39. The van der Waals surface area contributed by atoms with Crippen LogP contribution in [0.3, 0.4) is 0 Å². The van der Waals surface area contributed by atoms with E-state index >= 15 is 0 Å².